The zero-order valence-corrected chi connectivity index (χ0v) is 7.92. The first kappa shape index (κ1) is 8.70. The summed E-state index contributed by atoms with van der Waals surface area (Å²) in [7, 11) is 0. The molecule has 1 fully saturated rings. The van der Waals surface area contributed by atoms with E-state index in [2.05, 4.69) is 0 Å². The lowest BCUT2D eigenvalue weighted by Gasteiger charge is -2.05. The number of hydrogen-bond acceptors (Lipinski definition) is 2. The zero-order valence-electron chi connectivity index (χ0n) is 7.16. The fraction of sp³-hybridized carbons (Fsp3) is 0.400. The van der Waals surface area contributed by atoms with Crippen molar-refractivity contribution in [3.05, 3.63) is 23.2 Å². The van der Waals surface area contributed by atoms with Crippen LogP contribution in [0.15, 0.2) is 18.2 Å². The molecule has 1 saturated carbocycles. The predicted octanol–water partition coefficient (Wildman–Crippen LogP) is 2.83. The summed E-state index contributed by atoms with van der Waals surface area (Å²) in [6.07, 6.45) is 2.51. The third-order valence-corrected chi connectivity index (χ3v) is 2.26. The normalized spacial score (nSPS) is 15.8. The van der Waals surface area contributed by atoms with Gasteiger partial charge in [-0.1, -0.05) is 11.6 Å². The molecule has 0 saturated heterocycles. The number of rotatable bonds is 3. The Balaban J connectivity index is 2.01. The van der Waals surface area contributed by atoms with Gasteiger partial charge in [-0.3, -0.25) is 0 Å². The van der Waals surface area contributed by atoms with E-state index in [9.17, 15) is 5.11 Å². The summed E-state index contributed by atoms with van der Waals surface area (Å²) in [5.41, 5.74) is 0. The molecule has 1 aliphatic carbocycles. The minimum Gasteiger partial charge on any atom is -0.508 e. The van der Waals surface area contributed by atoms with Crippen molar-refractivity contribution in [3.63, 3.8) is 0 Å². The van der Waals surface area contributed by atoms with Crippen LogP contribution in [0.25, 0.3) is 0 Å². The van der Waals surface area contributed by atoms with Crippen molar-refractivity contribution in [2.45, 2.75) is 12.8 Å². The Labute approximate surface area is 82.1 Å². The topological polar surface area (TPSA) is 29.5 Å². The maximum Gasteiger partial charge on any atom is 0.124 e. The average molecular weight is 199 g/mol. The van der Waals surface area contributed by atoms with E-state index in [1.165, 1.54) is 18.9 Å². The minimum absolute atomic E-state index is 0.151. The second-order valence-electron chi connectivity index (χ2n) is 3.40. The molecule has 1 aromatic carbocycles. The number of phenolic OH excluding ortho intramolecular Hbond substituents is 1. The molecule has 0 unspecified atom stereocenters. The van der Waals surface area contributed by atoms with Crippen LogP contribution in [-0.4, -0.2) is 11.7 Å². The van der Waals surface area contributed by atoms with Gasteiger partial charge in [0.15, 0.2) is 0 Å². The molecular formula is C10H11ClO2. The summed E-state index contributed by atoms with van der Waals surface area (Å²) in [5, 5.41) is 9.72. The molecule has 13 heavy (non-hydrogen) atoms. The molecule has 1 aromatic rings. The molecule has 0 aliphatic heterocycles. The summed E-state index contributed by atoms with van der Waals surface area (Å²) < 4.78 is 5.45. The third-order valence-electron chi connectivity index (χ3n) is 2.04. The molecule has 0 heterocycles. The summed E-state index contributed by atoms with van der Waals surface area (Å²) >= 11 is 5.74. The van der Waals surface area contributed by atoms with Gasteiger partial charge >= 0.3 is 0 Å². The van der Waals surface area contributed by atoms with Crippen molar-refractivity contribution < 1.29 is 9.84 Å². The summed E-state index contributed by atoms with van der Waals surface area (Å²) in [6.45, 7) is 0.736. The van der Waals surface area contributed by atoms with Crippen molar-refractivity contribution in [1.29, 1.82) is 0 Å². The quantitative estimate of drug-likeness (QED) is 0.810. The lowest BCUT2D eigenvalue weighted by Crippen LogP contribution is -1.98. The van der Waals surface area contributed by atoms with Crippen molar-refractivity contribution in [2.75, 3.05) is 6.61 Å². The summed E-state index contributed by atoms with van der Waals surface area (Å²) in [5.74, 6) is 1.51. The van der Waals surface area contributed by atoms with Gasteiger partial charge in [-0.25, -0.2) is 0 Å². The van der Waals surface area contributed by atoms with Crippen LogP contribution in [0.3, 0.4) is 0 Å². The van der Waals surface area contributed by atoms with E-state index in [0.29, 0.717) is 16.7 Å². The fourth-order valence-electron chi connectivity index (χ4n) is 1.13. The fourth-order valence-corrected chi connectivity index (χ4v) is 1.35. The van der Waals surface area contributed by atoms with Gasteiger partial charge in [0.2, 0.25) is 0 Å². The van der Waals surface area contributed by atoms with Crippen molar-refractivity contribution >= 4 is 11.6 Å². The molecule has 1 aliphatic rings. The van der Waals surface area contributed by atoms with Crippen molar-refractivity contribution in [1.82, 2.24) is 0 Å². The van der Waals surface area contributed by atoms with Gasteiger partial charge in [0, 0.05) is 11.1 Å². The van der Waals surface area contributed by atoms with E-state index in [1.807, 2.05) is 0 Å². The molecule has 0 aromatic heterocycles. The van der Waals surface area contributed by atoms with Crippen LogP contribution in [-0.2, 0) is 0 Å². The standard InChI is InChI=1S/C10H11ClO2/c11-8-3-9(12)5-10(4-8)13-6-7-1-2-7/h3-5,7,12H,1-2,6H2. The first-order chi connectivity index (χ1) is 6.24. The molecular weight excluding hydrogens is 188 g/mol. The van der Waals surface area contributed by atoms with Crippen LogP contribution in [0.5, 0.6) is 11.5 Å². The molecule has 2 rings (SSSR count). The molecule has 3 heteroatoms. The molecule has 1 N–H and O–H groups in total. The van der Waals surface area contributed by atoms with E-state index >= 15 is 0 Å². The van der Waals surface area contributed by atoms with Crippen LogP contribution in [0.2, 0.25) is 5.02 Å². The Morgan fingerprint density at radius 2 is 2.15 bits per heavy atom. The van der Waals surface area contributed by atoms with E-state index in [1.54, 1.807) is 12.1 Å². The van der Waals surface area contributed by atoms with E-state index in [-0.39, 0.29) is 5.75 Å². The minimum atomic E-state index is 0.151. The Morgan fingerprint density at radius 1 is 1.38 bits per heavy atom. The van der Waals surface area contributed by atoms with Gasteiger partial charge in [-0.05, 0) is 30.9 Å². The number of phenols is 1. The highest BCUT2D eigenvalue weighted by molar-refractivity contribution is 6.30. The first-order valence-electron chi connectivity index (χ1n) is 4.36. The highest BCUT2D eigenvalue weighted by Crippen LogP contribution is 2.31. The Bertz CT molecular complexity index is 288. The van der Waals surface area contributed by atoms with Crippen LogP contribution in [0.4, 0.5) is 0 Å². The number of benzene rings is 1. The molecule has 0 spiro atoms. The van der Waals surface area contributed by atoms with Gasteiger partial charge in [0.25, 0.3) is 0 Å². The van der Waals surface area contributed by atoms with Crippen LogP contribution >= 0.6 is 11.6 Å². The Morgan fingerprint density at radius 3 is 2.77 bits per heavy atom. The van der Waals surface area contributed by atoms with Crippen LogP contribution in [0, 0.1) is 5.92 Å². The molecule has 2 nitrogen and oxygen atoms in total. The van der Waals surface area contributed by atoms with Crippen molar-refractivity contribution in [2.24, 2.45) is 5.92 Å². The maximum absolute atomic E-state index is 9.21. The second-order valence-corrected chi connectivity index (χ2v) is 3.84. The SMILES string of the molecule is Oc1cc(Cl)cc(OCC2CC2)c1. The number of aromatic hydroxyl groups is 1. The zero-order chi connectivity index (χ0) is 9.26. The third kappa shape index (κ3) is 2.52. The first-order valence-corrected chi connectivity index (χ1v) is 4.74. The van der Waals surface area contributed by atoms with Gasteiger partial charge in [0.05, 0.1) is 6.61 Å². The monoisotopic (exact) mass is 198 g/mol. The van der Waals surface area contributed by atoms with Gasteiger partial charge in [-0.15, -0.1) is 0 Å². The van der Waals surface area contributed by atoms with E-state index < -0.39 is 0 Å². The Hall–Kier alpha value is -0.890. The maximum atomic E-state index is 9.21. The molecule has 0 bridgehead atoms. The summed E-state index contributed by atoms with van der Waals surface area (Å²) in [4.78, 5) is 0. The van der Waals surface area contributed by atoms with E-state index in [0.717, 1.165) is 6.61 Å². The lowest BCUT2D eigenvalue weighted by atomic mass is 10.3. The highest BCUT2D eigenvalue weighted by Gasteiger charge is 2.21. The van der Waals surface area contributed by atoms with Gasteiger partial charge in [-0.2, -0.15) is 0 Å². The average Bonchev–Trinajstić information content (AvgIpc) is 2.81. The number of hydrogen-bond donors (Lipinski definition) is 1. The lowest BCUT2D eigenvalue weighted by molar-refractivity contribution is 0.298. The largest absolute Gasteiger partial charge is 0.508 e. The smallest absolute Gasteiger partial charge is 0.124 e. The number of halogens is 1. The predicted molar refractivity (Wildman–Crippen MR) is 51.3 cm³/mol. The second kappa shape index (κ2) is 3.46. The molecule has 0 radical (unpaired) electrons. The van der Waals surface area contributed by atoms with E-state index in [4.69, 9.17) is 16.3 Å². The van der Waals surface area contributed by atoms with Crippen LogP contribution < -0.4 is 4.74 Å². The highest BCUT2D eigenvalue weighted by atomic mass is 35.5. The van der Waals surface area contributed by atoms with Gasteiger partial charge < -0.3 is 9.84 Å². The van der Waals surface area contributed by atoms with Crippen molar-refractivity contribution in [3.8, 4) is 11.5 Å². The molecule has 70 valence electrons. The molecule has 0 atom stereocenters. The summed E-state index contributed by atoms with van der Waals surface area (Å²) in [6, 6.07) is 4.78. The Kier molecular flexibility index (Phi) is 2.32. The van der Waals surface area contributed by atoms with Crippen LogP contribution in [0.1, 0.15) is 12.8 Å². The number of ether oxygens (including phenoxy) is 1. The van der Waals surface area contributed by atoms with Gasteiger partial charge in [0.1, 0.15) is 11.5 Å². The molecule has 0 amide bonds.